The number of pyridine rings is 1. The minimum atomic E-state index is -0.230. The molecule has 0 aliphatic heterocycles. The maximum absolute atomic E-state index is 13.1. The van der Waals surface area contributed by atoms with E-state index in [0.29, 0.717) is 28.0 Å². The molecule has 0 saturated heterocycles. The Bertz CT molecular complexity index is 1140. The van der Waals surface area contributed by atoms with Gasteiger partial charge in [0.1, 0.15) is 11.6 Å². The van der Waals surface area contributed by atoms with E-state index in [4.69, 9.17) is 11.6 Å². The first-order chi connectivity index (χ1) is 12.1. The van der Waals surface area contributed by atoms with Crippen molar-refractivity contribution in [1.29, 1.82) is 0 Å². The first-order valence-electron chi connectivity index (χ1n) is 7.56. The molecular formula is C19H12ClN3O2. The van der Waals surface area contributed by atoms with Crippen LogP contribution in [0.3, 0.4) is 0 Å². The van der Waals surface area contributed by atoms with Crippen LogP contribution in [0.1, 0.15) is 0 Å². The van der Waals surface area contributed by atoms with Gasteiger partial charge in [-0.25, -0.2) is 4.98 Å². The smallest absolute Gasteiger partial charge is 0.266 e. The standard InChI is InChI=1S/C19H12ClN3O2/c20-15-8-7-13(10-17(15)24)23-18(12-4-3-9-21-11-12)22-16-6-2-1-5-14(16)19(23)25/h1-11,24H. The minimum Gasteiger partial charge on any atom is -0.506 e. The lowest BCUT2D eigenvalue weighted by Crippen LogP contribution is -2.22. The Balaban J connectivity index is 2.12. The molecule has 122 valence electrons. The van der Waals surface area contributed by atoms with Gasteiger partial charge in [0.2, 0.25) is 0 Å². The van der Waals surface area contributed by atoms with Gasteiger partial charge in [0.15, 0.2) is 0 Å². The summed E-state index contributed by atoms with van der Waals surface area (Å²) in [4.78, 5) is 21.9. The molecular weight excluding hydrogens is 338 g/mol. The molecule has 0 saturated carbocycles. The fourth-order valence-corrected chi connectivity index (χ4v) is 2.82. The van der Waals surface area contributed by atoms with Crippen LogP contribution >= 0.6 is 11.6 Å². The zero-order valence-electron chi connectivity index (χ0n) is 12.9. The van der Waals surface area contributed by atoms with Crippen molar-refractivity contribution in [3.63, 3.8) is 0 Å². The molecule has 2 aromatic carbocycles. The average molecular weight is 350 g/mol. The van der Waals surface area contributed by atoms with Crippen molar-refractivity contribution in [2.75, 3.05) is 0 Å². The van der Waals surface area contributed by atoms with E-state index in [1.54, 1.807) is 48.8 Å². The summed E-state index contributed by atoms with van der Waals surface area (Å²) in [5.74, 6) is 0.342. The normalized spacial score (nSPS) is 10.9. The Kier molecular flexibility index (Phi) is 3.71. The highest BCUT2D eigenvalue weighted by Crippen LogP contribution is 2.28. The van der Waals surface area contributed by atoms with Gasteiger partial charge in [-0.05, 0) is 36.4 Å². The monoisotopic (exact) mass is 349 g/mol. The molecule has 0 unspecified atom stereocenters. The van der Waals surface area contributed by atoms with E-state index in [2.05, 4.69) is 9.97 Å². The van der Waals surface area contributed by atoms with E-state index in [-0.39, 0.29) is 16.3 Å². The van der Waals surface area contributed by atoms with E-state index in [9.17, 15) is 9.90 Å². The molecule has 1 N–H and O–H groups in total. The number of aromatic hydroxyl groups is 1. The minimum absolute atomic E-state index is 0.101. The first kappa shape index (κ1) is 15.4. The lowest BCUT2D eigenvalue weighted by atomic mass is 10.2. The van der Waals surface area contributed by atoms with Gasteiger partial charge in [0.05, 0.1) is 21.6 Å². The number of nitrogens with zero attached hydrogens (tertiary/aromatic N) is 3. The molecule has 0 aliphatic carbocycles. The van der Waals surface area contributed by atoms with Crippen LogP contribution in [-0.2, 0) is 0 Å². The fourth-order valence-electron chi connectivity index (χ4n) is 2.70. The van der Waals surface area contributed by atoms with Crippen LogP contribution in [-0.4, -0.2) is 19.6 Å². The third-order valence-electron chi connectivity index (χ3n) is 3.88. The summed E-state index contributed by atoms with van der Waals surface area (Å²) in [6.45, 7) is 0. The van der Waals surface area contributed by atoms with Gasteiger partial charge in [0.25, 0.3) is 5.56 Å². The van der Waals surface area contributed by atoms with Crippen LogP contribution in [0.4, 0.5) is 0 Å². The van der Waals surface area contributed by atoms with Gasteiger partial charge < -0.3 is 5.11 Å². The summed E-state index contributed by atoms with van der Waals surface area (Å²) in [6.07, 6.45) is 3.30. The van der Waals surface area contributed by atoms with Gasteiger partial charge in [-0.1, -0.05) is 23.7 Å². The molecule has 0 bridgehead atoms. The molecule has 2 aromatic heterocycles. The zero-order valence-corrected chi connectivity index (χ0v) is 13.7. The number of aromatic nitrogens is 3. The molecule has 6 heteroatoms. The van der Waals surface area contributed by atoms with Crippen molar-refractivity contribution in [2.45, 2.75) is 0 Å². The number of halogens is 1. The number of fused-ring (bicyclic) bond motifs is 1. The van der Waals surface area contributed by atoms with Crippen LogP contribution in [0, 0.1) is 0 Å². The number of hydrogen-bond donors (Lipinski definition) is 1. The number of para-hydroxylation sites is 1. The third-order valence-corrected chi connectivity index (χ3v) is 4.20. The van der Waals surface area contributed by atoms with Crippen LogP contribution in [0.25, 0.3) is 28.0 Å². The number of phenols is 1. The summed E-state index contributed by atoms with van der Waals surface area (Å²) >= 11 is 5.90. The molecule has 25 heavy (non-hydrogen) atoms. The first-order valence-corrected chi connectivity index (χ1v) is 7.94. The van der Waals surface area contributed by atoms with Gasteiger partial charge in [-0.15, -0.1) is 0 Å². The second-order valence-corrected chi connectivity index (χ2v) is 5.88. The highest BCUT2D eigenvalue weighted by Gasteiger charge is 2.15. The van der Waals surface area contributed by atoms with Gasteiger partial charge in [-0.2, -0.15) is 0 Å². The maximum Gasteiger partial charge on any atom is 0.266 e. The van der Waals surface area contributed by atoms with E-state index < -0.39 is 0 Å². The summed E-state index contributed by atoms with van der Waals surface area (Å²) < 4.78 is 1.45. The van der Waals surface area contributed by atoms with Gasteiger partial charge in [-0.3, -0.25) is 14.3 Å². The second-order valence-electron chi connectivity index (χ2n) is 5.47. The summed E-state index contributed by atoms with van der Waals surface area (Å²) in [6, 6.07) is 15.4. The summed E-state index contributed by atoms with van der Waals surface area (Å²) in [5.41, 5.74) is 1.54. The van der Waals surface area contributed by atoms with Crippen molar-refractivity contribution >= 4 is 22.5 Å². The Morgan fingerprint density at radius 2 is 1.88 bits per heavy atom. The van der Waals surface area contributed by atoms with Crippen molar-refractivity contribution < 1.29 is 5.11 Å². The molecule has 0 amide bonds. The Hall–Kier alpha value is -3.18. The summed E-state index contributed by atoms with van der Waals surface area (Å²) in [5, 5.41) is 10.7. The molecule has 5 nitrogen and oxygen atoms in total. The molecule has 0 radical (unpaired) electrons. The van der Waals surface area contributed by atoms with Crippen molar-refractivity contribution in [1.82, 2.24) is 14.5 Å². The molecule has 0 aliphatic rings. The number of rotatable bonds is 2. The van der Waals surface area contributed by atoms with E-state index in [1.165, 1.54) is 10.6 Å². The van der Waals surface area contributed by atoms with Crippen LogP contribution < -0.4 is 5.56 Å². The number of hydrogen-bond acceptors (Lipinski definition) is 4. The van der Waals surface area contributed by atoms with E-state index in [0.717, 1.165) is 0 Å². The van der Waals surface area contributed by atoms with Crippen molar-refractivity contribution in [2.24, 2.45) is 0 Å². The molecule has 0 atom stereocenters. The number of phenolic OH excluding ortho intramolecular Hbond substituents is 1. The van der Waals surface area contributed by atoms with E-state index >= 15 is 0 Å². The highest BCUT2D eigenvalue weighted by molar-refractivity contribution is 6.32. The predicted octanol–water partition coefficient (Wildman–Crippen LogP) is 3.81. The second kappa shape index (κ2) is 6.03. The Labute approximate surface area is 147 Å². The van der Waals surface area contributed by atoms with Crippen LogP contribution in [0.15, 0.2) is 71.8 Å². The summed E-state index contributed by atoms with van der Waals surface area (Å²) in [7, 11) is 0. The molecule has 0 spiro atoms. The lowest BCUT2D eigenvalue weighted by Gasteiger charge is -2.14. The Morgan fingerprint density at radius 1 is 1.04 bits per heavy atom. The van der Waals surface area contributed by atoms with Crippen LogP contribution in [0.5, 0.6) is 5.75 Å². The molecule has 0 fully saturated rings. The average Bonchev–Trinajstić information content (AvgIpc) is 2.65. The van der Waals surface area contributed by atoms with Crippen molar-refractivity contribution in [3.05, 3.63) is 82.4 Å². The fraction of sp³-hybridized carbons (Fsp3) is 0. The quantitative estimate of drug-likeness (QED) is 0.597. The molecule has 4 aromatic rings. The SMILES string of the molecule is O=c1c2ccccc2nc(-c2cccnc2)n1-c1ccc(Cl)c(O)c1. The van der Waals surface area contributed by atoms with Crippen LogP contribution in [0.2, 0.25) is 5.02 Å². The van der Waals surface area contributed by atoms with E-state index in [1.807, 2.05) is 12.1 Å². The zero-order chi connectivity index (χ0) is 17.4. The lowest BCUT2D eigenvalue weighted by molar-refractivity contribution is 0.475. The highest BCUT2D eigenvalue weighted by atomic mass is 35.5. The van der Waals surface area contributed by atoms with Crippen molar-refractivity contribution in [3.8, 4) is 22.8 Å². The van der Waals surface area contributed by atoms with Gasteiger partial charge >= 0.3 is 0 Å². The largest absolute Gasteiger partial charge is 0.506 e. The molecule has 2 heterocycles. The Morgan fingerprint density at radius 3 is 2.64 bits per heavy atom. The maximum atomic E-state index is 13.1. The topological polar surface area (TPSA) is 68.0 Å². The number of benzene rings is 2. The molecule has 4 rings (SSSR count). The third kappa shape index (κ3) is 2.64. The van der Waals surface area contributed by atoms with Gasteiger partial charge in [0, 0.05) is 24.0 Å². The predicted molar refractivity (Wildman–Crippen MR) is 97.2 cm³/mol.